The number of halogens is 1. The van der Waals surface area contributed by atoms with Gasteiger partial charge in [0.25, 0.3) is 15.9 Å². The van der Waals surface area contributed by atoms with Gasteiger partial charge in [-0.15, -0.1) is 0 Å². The second-order valence-electron chi connectivity index (χ2n) is 5.86. The minimum atomic E-state index is -3.79. The third-order valence-electron chi connectivity index (χ3n) is 3.69. The number of nitrogens with one attached hydrogen (secondary N) is 2. The maximum Gasteiger partial charge on any atom is 0.263 e. The molecule has 0 spiro atoms. The second kappa shape index (κ2) is 6.45. The molecule has 126 valence electrons. The van der Waals surface area contributed by atoms with Gasteiger partial charge in [-0.2, -0.15) is 0 Å². The van der Waals surface area contributed by atoms with Crippen LogP contribution in [0.3, 0.4) is 0 Å². The number of hydrogen-bond acceptors (Lipinski definition) is 3. The van der Waals surface area contributed by atoms with Gasteiger partial charge in [-0.1, -0.05) is 17.7 Å². The summed E-state index contributed by atoms with van der Waals surface area (Å²) in [5.74, 6) is -0.145. The lowest BCUT2D eigenvalue weighted by atomic mass is 10.2. The largest absolute Gasteiger partial charge is 0.349 e. The Balaban J connectivity index is 1.75. The van der Waals surface area contributed by atoms with E-state index in [2.05, 4.69) is 10.0 Å². The van der Waals surface area contributed by atoms with Gasteiger partial charge >= 0.3 is 0 Å². The molecule has 2 aromatic rings. The fraction of sp³-hybridized carbons (Fsp3) is 0.235. The lowest BCUT2D eigenvalue weighted by Gasteiger charge is -2.10. The van der Waals surface area contributed by atoms with Crippen molar-refractivity contribution in [3.8, 4) is 0 Å². The van der Waals surface area contributed by atoms with E-state index in [1.54, 1.807) is 36.4 Å². The smallest absolute Gasteiger partial charge is 0.263 e. The van der Waals surface area contributed by atoms with Gasteiger partial charge in [-0.3, -0.25) is 9.52 Å². The summed E-state index contributed by atoms with van der Waals surface area (Å²) in [6.07, 6.45) is 2.03. The van der Waals surface area contributed by atoms with Crippen molar-refractivity contribution in [3.63, 3.8) is 0 Å². The van der Waals surface area contributed by atoms with Gasteiger partial charge in [0.1, 0.15) is 4.90 Å². The molecule has 0 aliphatic heterocycles. The first-order valence-corrected chi connectivity index (χ1v) is 9.41. The molecule has 1 saturated carbocycles. The molecule has 0 aromatic heterocycles. The Labute approximate surface area is 146 Å². The Morgan fingerprint density at radius 3 is 2.38 bits per heavy atom. The fourth-order valence-corrected chi connectivity index (χ4v) is 3.88. The molecular formula is C17H17ClN2O3S. The molecule has 3 rings (SSSR count). The third-order valence-corrected chi connectivity index (χ3v) is 5.55. The van der Waals surface area contributed by atoms with Crippen LogP contribution in [0.15, 0.2) is 47.4 Å². The number of rotatable bonds is 5. The van der Waals surface area contributed by atoms with Crippen LogP contribution in [0.2, 0.25) is 5.02 Å². The number of hydrogen-bond donors (Lipinski definition) is 2. The minimum Gasteiger partial charge on any atom is -0.349 e. The summed E-state index contributed by atoms with van der Waals surface area (Å²) in [7, 11) is -3.79. The molecule has 0 bridgehead atoms. The molecule has 1 amide bonds. The van der Waals surface area contributed by atoms with Crippen molar-refractivity contribution in [2.75, 3.05) is 4.72 Å². The zero-order chi connectivity index (χ0) is 17.3. The van der Waals surface area contributed by atoms with Gasteiger partial charge in [0, 0.05) is 17.3 Å². The Hall–Kier alpha value is -2.05. The Morgan fingerprint density at radius 1 is 1.12 bits per heavy atom. The first-order valence-electron chi connectivity index (χ1n) is 7.55. The van der Waals surface area contributed by atoms with E-state index >= 15 is 0 Å². The molecule has 0 radical (unpaired) electrons. The van der Waals surface area contributed by atoms with Crippen LogP contribution in [0.5, 0.6) is 0 Å². The van der Waals surface area contributed by atoms with Crippen LogP contribution in [0.25, 0.3) is 0 Å². The molecule has 7 heteroatoms. The SMILES string of the molecule is Cc1ccc(S(=O)(=O)Nc2ccc(C(=O)NC3CC3)cc2)c(Cl)c1. The van der Waals surface area contributed by atoms with E-state index in [4.69, 9.17) is 11.6 Å². The molecule has 2 aromatic carbocycles. The summed E-state index contributed by atoms with van der Waals surface area (Å²) < 4.78 is 27.3. The van der Waals surface area contributed by atoms with Crippen molar-refractivity contribution >= 4 is 33.2 Å². The van der Waals surface area contributed by atoms with Gasteiger partial charge in [0.15, 0.2) is 0 Å². The van der Waals surface area contributed by atoms with E-state index in [0.29, 0.717) is 11.3 Å². The van der Waals surface area contributed by atoms with Crippen LogP contribution in [0, 0.1) is 6.92 Å². The molecular weight excluding hydrogens is 348 g/mol. The monoisotopic (exact) mass is 364 g/mol. The lowest BCUT2D eigenvalue weighted by Crippen LogP contribution is -2.25. The van der Waals surface area contributed by atoms with Gasteiger partial charge in [0.05, 0.1) is 5.02 Å². The van der Waals surface area contributed by atoms with Crippen LogP contribution < -0.4 is 10.0 Å². The van der Waals surface area contributed by atoms with E-state index in [9.17, 15) is 13.2 Å². The first kappa shape index (κ1) is 16.8. The fourth-order valence-electron chi connectivity index (χ4n) is 2.22. The highest BCUT2D eigenvalue weighted by Gasteiger charge is 2.24. The molecule has 0 heterocycles. The topological polar surface area (TPSA) is 75.3 Å². The van der Waals surface area contributed by atoms with Crippen molar-refractivity contribution < 1.29 is 13.2 Å². The summed E-state index contributed by atoms with van der Waals surface area (Å²) in [5, 5.41) is 3.05. The maximum atomic E-state index is 12.4. The first-order chi connectivity index (χ1) is 11.3. The number of benzene rings is 2. The third kappa shape index (κ3) is 3.88. The van der Waals surface area contributed by atoms with Crippen molar-refractivity contribution in [2.45, 2.75) is 30.7 Å². The van der Waals surface area contributed by atoms with Crippen molar-refractivity contribution in [1.82, 2.24) is 5.32 Å². The predicted octanol–water partition coefficient (Wildman–Crippen LogP) is 3.34. The predicted molar refractivity (Wildman–Crippen MR) is 93.9 cm³/mol. The highest BCUT2D eigenvalue weighted by Crippen LogP contribution is 2.25. The molecule has 0 unspecified atom stereocenters. The average Bonchev–Trinajstić information content (AvgIpc) is 3.31. The molecule has 0 atom stereocenters. The van der Waals surface area contributed by atoms with E-state index in [1.807, 2.05) is 6.92 Å². The molecule has 2 N–H and O–H groups in total. The highest BCUT2D eigenvalue weighted by molar-refractivity contribution is 7.92. The normalized spacial score (nSPS) is 14.2. The Morgan fingerprint density at radius 2 is 1.79 bits per heavy atom. The van der Waals surface area contributed by atoms with E-state index in [0.717, 1.165) is 18.4 Å². The molecule has 1 fully saturated rings. The quantitative estimate of drug-likeness (QED) is 0.854. The summed E-state index contributed by atoms with van der Waals surface area (Å²) in [6, 6.07) is 11.3. The van der Waals surface area contributed by atoms with E-state index in [-0.39, 0.29) is 21.9 Å². The van der Waals surface area contributed by atoms with E-state index in [1.165, 1.54) is 6.07 Å². The maximum absolute atomic E-state index is 12.4. The number of carbonyl (C=O) groups is 1. The average molecular weight is 365 g/mol. The lowest BCUT2D eigenvalue weighted by molar-refractivity contribution is 0.0951. The summed E-state index contributed by atoms with van der Waals surface area (Å²) in [4.78, 5) is 11.9. The zero-order valence-electron chi connectivity index (χ0n) is 13.0. The number of sulfonamides is 1. The number of anilines is 1. The summed E-state index contributed by atoms with van der Waals surface area (Å²) in [6.45, 7) is 1.83. The molecule has 1 aliphatic carbocycles. The van der Waals surface area contributed by atoms with Crippen LogP contribution in [-0.4, -0.2) is 20.4 Å². The van der Waals surface area contributed by atoms with Crippen molar-refractivity contribution in [2.24, 2.45) is 0 Å². The summed E-state index contributed by atoms with van der Waals surface area (Å²) in [5.41, 5.74) is 1.75. The van der Waals surface area contributed by atoms with Crippen LogP contribution in [-0.2, 0) is 10.0 Å². The highest BCUT2D eigenvalue weighted by atomic mass is 35.5. The molecule has 5 nitrogen and oxygen atoms in total. The molecule has 24 heavy (non-hydrogen) atoms. The Bertz CT molecular complexity index is 875. The minimum absolute atomic E-state index is 0.0188. The second-order valence-corrected chi connectivity index (χ2v) is 7.92. The summed E-state index contributed by atoms with van der Waals surface area (Å²) >= 11 is 6.03. The zero-order valence-corrected chi connectivity index (χ0v) is 14.6. The molecule has 1 aliphatic rings. The van der Waals surface area contributed by atoms with Crippen molar-refractivity contribution in [3.05, 3.63) is 58.6 Å². The van der Waals surface area contributed by atoms with Crippen molar-refractivity contribution in [1.29, 1.82) is 0 Å². The number of carbonyl (C=O) groups excluding carboxylic acids is 1. The van der Waals surface area contributed by atoms with Crippen LogP contribution in [0.1, 0.15) is 28.8 Å². The number of amides is 1. The van der Waals surface area contributed by atoms with Gasteiger partial charge < -0.3 is 5.32 Å². The van der Waals surface area contributed by atoms with Crippen LogP contribution in [0.4, 0.5) is 5.69 Å². The molecule has 0 saturated heterocycles. The van der Waals surface area contributed by atoms with Gasteiger partial charge in [0.2, 0.25) is 0 Å². The van der Waals surface area contributed by atoms with Crippen LogP contribution >= 0.6 is 11.6 Å². The standard InChI is InChI=1S/C17H17ClN2O3S/c1-11-2-9-16(15(18)10-11)24(22,23)20-14-5-3-12(4-6-14)17(21)19-13-7-8-13/h2-6,9-10,13,20H,7-8H2,1H3,(H,19,21). The number of aryl methyl sites for hydroxylation is 1. The van der Waals surface area contributed by atoms with E-state index < -0.39 is 10.0 Å². The van der Waals surface area contributed by atoms with Gasteiger partial charge in [-0.05, 0) is 61.7 Å². The van der Waals surface area contributed by atoms with Gasteiger partial charge in [-0.25, -0.2) is 8.42 Å². The Kier molecular flexibility index (Phi) is 4.51.